The van der Waals surface area contributed by atoms with Gasteiger partial charge in [0.2, 0.25) is 0 Å². The van der Waals surface area contributed by atoms with Gasteiger partial charge in [0.05, 0.1) is 0 Å². The number of halogens is 1. The molecule has 2 unspecified atom stereocenters. The lowest BCUT2D eigenvalue weighted by Gasteiger charge is -2.29. The Hall–Kier alpha value is -0.340. The monoisotopic (exact) mass is 267 g/mol. The van der Waals surface area contributed by atoms with Crippen LogP contribution in [-0.2, 0) is 0 Å². The maximum atomic E-state index is 5.68. The zero-order valence-electron chi connectivity index (χ0n) is 9.17. The van der Waals surface area contributed by atoms with Gasteiger partial charge in [-0.05, 0) is 60.9 Å². The lowest BCUT2D eigenvalue weighted by molar-refractivity contribution is 0.483. The molecule has 0 aliphatic heterocycles. The third kappa shape index (κ3) is 2.26. The summed E-state index contributed by atoms with van der Waals surface area (Å²) >= 11 is 3.56. The largest absolute Gasteiger partial charge is 0.330 e. The second-order valence-electron chi connectivity index (χ2n) is 4.53. The van der Waals surface area contributed by atoms with Gasteiger partial charge in [-0.1, -0.05) is 28.9 Å². The first-order chi connectivity index (χ1) is 7.22. The normalized spacial score (nSPS) is 25.0. The molecule has 0 heterocycles. The summed E-state index contributed by atoms with van der Waals surface area (Å²) in [5.41, 5.74) is 8.73. The molecular weight excluding hydrogens is 250 g/mol. The molecule has 1 aromatic rings. The minimum Gasteiger partial charge on any atom is -0.330 e. The van der Waals surface area contributed by atoms with Crippen LogP contribution in [0, 0.1) is 0 Å². The Morgan fingerprint density at radius 2 is 2.13 bits per heavy atom. The van der Waals surface area contributed by atoms with E-state index in [1.807, 2.05) is 0 Å². The Morgan fingerprint density at radius 3 is 2.87 bits per heavy atom. The van der Waals surface area contributed by atoms with Gasteiger partial charge in [0, 0.05) is 4.47 Å². The molecule has 0 fully saturated rings. The van der Waals surface area contributed by atoms with E-state index in [0.29, 0.717) is 11.8 Å². The molecule has 0 saturated carbocycles. The number of hydrogen-bond donors (Lipinski definition) is 1. The molecule has 0 amide bonds. The van der Waals surface area contributed by atoms with Crippen molar-refractivity contribution in [3.8, 4) is 0 Å². The molecule has 1 aliphatic carbocycles. The van der Waals surface area contributed by atoms with Crippen molar-refractivity contribution in [2.24, 2.45) is 5.73 Å². The molecule has 0 aromatic heterocycles. The minimum absolute atomic E-state index is 0.679. The van der Waals surface area contributed by atoms with E-state index in [4.69, 9.17) is 5.73 Å². The van der Waals surface area contributed by atoms with E-state index in [1.54, 1.807) is 0 Å². The molecule has 2 rings (SSSR count). The van der Waals surface area contributed by atoms with Crippen LogP contribution in [-0.4, -0.2) is 6.54 Å². The van der Waals surface area contributed by atoms with E-state index >= 15 is 0 Å². The summed E-state index contributed by atoms with van der Waals surface area (Å²) in [5, 5.41) is 0. The van der Waals surface area contributed by atoms with Crippen molar-refractivity contribution in [1.29, 1.82) is 0 Å². The van der Waals surface area contributed by atoms with E-state index in [2.05, 4.69) is 41.1 Å². The van der Waals surface area contributed by atoms with Gasteiger partial charge in [-0.25, -0.2) is 0 Å². The maximum Gasteiger partial charge on any atom is 0.0178 e. The Morgan fingerprint density at radius 1 is 1.33 bits per heavy atom. The molecule has 82 valence electrons. The standard InChI is InChI=1S/C13H18BrN/c1-9-2-3-10(6-7-15)13-8-11(14)4-5-12(9)13/h4-5,8-10H,2-3,6-7,15H2,1H3. The van der Waals surface area contributed by atoms with Crippen LogP contribution in [0.5, 0.6) is 0 Å². The zero-order chi connectivity index (χ0) is 10.8. The van der Waals surface area contributed by atoms with E-state index in [0.717, 1.165) is 13.0 Å². The van der Waals surface area contributed by atoms with Crippen molar-refractivity contribution in [2.75, 3.05) is 6.54 Å². The minimum atomic E-state index is 0.679. The predicted octanol–water partition coefficient (Wildman–Crippen LogP) is 3.78. The fraction of sp³-hybridized carbons (Fsp3) is 0.538. The van der Waals surface area contributed by atoms with Crippen molar-refractivity contribution in [2.45, 2.75) is 38.0 Å². The van der Waals surface area contributed by atoms with Crippen LogP contribution >= 0.6 is 15.9 Å². The Bertz CT molecular complexity index is 348. The molecule has 2 N–H and O–H groups in total. The van der Waals surface area contributed by atoms with E-state index in [9.17, 15) is 0 Å². The van der Waals surface area contributed by atoms with Gasteiger partial charge < -0.3 is 5.73 Å². The molecule has 2 heteroatoms. The van der Waals surface area contributed by atoms with Gasteiger partial charge in [-0.15, -0.1) is 0 Å². The maximum absolute atomic E-state index is 5.68. The molecule has 1 aliphatic rings. The first kappa shape index (κ1) is 11.2. The average molecular weight is 268 g/mol. The van der Waals surface area contributed by atoms with Gasteiger partial charge in [0.1, 0.15) is 0 Å². The quantitative estimate of drug-likeness (QED) is 0.867. The molecule has 0 radical (unpaired) electrons. The van der Waals surface area contributed by atoms with E-state index in [1.165, 1.54) is 28.4 Å². The van der Waals surface area contributed by atoms with Crippen molar-refractivity contribution in [3.63, 3.8) is 0 Å². The zero-order valence-corrected chi connectivity index (χ0v) is 10.8. The van der Waals surface area contributed by atoms with Gasteiger partial charge in [-0.3, -0.25) is 0 Å². The topological polar surface area (TPSA) is 26.0 Å². The molecule has 0 bridgehead atoms. The highest BCUT2D eigenvalue weighted by atomic mass is 79.9. The fourth-order valence-electron chi connectivity index (χ4n) is 2.61. The highest BCUT2D eigenvalue weighted by Gasteiger charge is 2.24. The number of benzene rings is 1. The lowest BCUT2D eigenvalue weighted by atomic mass is 9.76. The Labute approximate surface area is 100 Å². The summed E-state index contributed by atoms with van der Waals surface area (Å²) in [6.07, 6.45) is 3.72. The van der Waals surface area contributed by atoms with Gasteiger partial charge in [0.25, 0.3) is 0 Å². The summed E-state index contributed by atoms with van der Waals surface area (Å²) in [7, 11) is 0. The predicted molar refractivity (Wildman–Crippen MR) is 68.2 cm³/mol. The van der Waals surface area contributed by atoms with Crippen LogP contribution in [0.1, 0.15) is 49.1 Å². The highest BCUT2D eigenvalue weighted by Crippen LogP contribution is 2.40. The van der Waals surface area contributed by atoms with E-state index < -0.39 is 0 Å². The first-order valence-electron chi connectivity index (χ1n) is 5.71. The molecule has 2 atom stereocenters. The number of hydrogen-bond acceptors (Lipinski definition) is 1. The highest BCUT2D eigenvalue weighted by molar-refractivity contribution is 9.10. The van der Waals surface area contributed by atoms with Crippen LogP contribution < -0.4 is 5.73 Å². The van der Waals surface area contributed by atoms with Crippen molar-refractivity contribution < 1.29 is 0 Å². The Kier molecular flexibility index (Phi) is 3.47. The summed E-state index contributed by atoms with van der Waals surface area (Å²) in [6.45, 7) is 3.12. The fourth-order valence-corrected chi connectivity index (χ4v) is 2.99. The average Bonchev–Trinajstić information content (AvgIpc) is 2.22. The summed E-state index contributed by atoms with van der Waals surface area (Å²) < 4.78 is 1.19. The van der Waals surface area contributed by atoms with Crippen LogP contribution in [0.2, 0.25) is 0 Å². The smallest absolute Gasteiger partial charge is 0.0178 e. The summed E-state index contributed by atoms with van der Waals surface area (Å²) in [4.78, 5) is 0. The number of nitrogens with two attached hydrogens (primary N) is 1. The molecule has 1 nitrogen and oxygen atoms in total. The van der Waals surface area contributed by atoms with Crippen molar-refractivity contribution in [3.05, 3.63) is 33.8 Å². The van der Waals surface area contributed by atoms with Crippen molar-refractivity contribution in [1.82, 2.24) is 0 Å². The van der Waals surface area contributed by atoms with Crippen LogP contribution in [0.3, 0.4) is 0 Å². The van der Waals surface area contributed by atoms with Gasteiger partial charge in [0.15, 0.2) is 0 Å². The molecule has 0 saturated heterocycles. The number of fused-ring (bicyclic) bond motifs is 1. The van der Waals surface area contributed by atoms with Crippen molar-refractivity contribution >= 4 is 15.9 Å². The summed E-state index contributed by atoms with van der Waals surface area (Å²) in [5.74, 6) is 1.39. The molecular formula is C13H18BrN. The second-order valence-corrected chi connectivity index (χ2v) is 5.44. The third-order valence-corrected chi connectivity index (χ3v) is 3.98. The molecule has 0 spiro atoms. The lowest BCUT2D eigenvalue weighted by Crippen LogP contribution is -2.15. The van der Waals surface area contributed by atoms with Crippen LogP contribution in [0.4, 0.5) is 0 Å². The van der Waals surface area contributed by atoms with Crippen LogP contribution in [0.15, 0.2) is 22.7 Å². The molecule has 1 aromatic carbocycles. The summed E-state index contributed by atoms with van der Waals surface area (Å²) in [6, 6.07) is 6.71. The van der Waals surface area contributed by atoms with Gasteiger partial charge in [-0.2, -0.15) is 0 Å². The SMILES string of the molecule is CC1CCC(CCN)c2cc(Br)ccc21. The van der Waals surface area contributed by atoms with Gasteiger partial charge >= 0.3 is 0 Å². The number of rotatable bonds is 2. The third-order valence-electron chi connectivity index (χ3n) is 3.48. The van der Waals surface area contributed by atoms with E-state index in [-0.39, 0.29) is 0 Å². The molecule has 15 heavy (non-hydrogen) atoms. The Balaban J connectivity index is 2.37. The second kappa shape index (κ2) is 4.67. The van der Waals surface area contributed by atoms with Crippen LogP contribution in [0.25, 0.3) is 0 Å². The first-order valence-corrected chi connectivity index (χ1v) is 6.51.